The van der Waals surface area contributed by atoms with Gasteiger partial charge in [-0.3, -0.25) is 9.59 Å². The minimum Gasteiger partial charge on any atom is -0.430 e. The van der Waals surface area contributed by atoms with E-state index in [9.17, 15) is 9.59 Å². The molecule has 130 valence electrons. The Morgan fingerprint density at radius 2 is 2.00 bits per heavy atom. The topological polar surface area (TPSA) is 160 Å². The maximum absolute atomic E-state index is 11.8. The molecule has 0 saturated heterocycles. The second kappa shape index (κ2) is 6.57. The fraction of sp³-hybridized carbons (Fsp3) is 0.133. The summed E-state index contributed by atoms with van der Waals surface area (Å²) in [5.41, 5.74) is 24.6. The first-order chi connectivity index (χ1) is 11.9. The van der Waals surface area contributed by atoms with Crippen molar-refractivity contribution in [2.45, 2.75) is 12.8 Å². The molecule has 3 rings (SSSR count). The molecule has 0 bridgehead atoms. The highest BCUT2D eigenvalue weighted by Gasteiger charge is 2.30. The zero-order valence-electron chi connectivity index (χ0n) is 12.9. The van der Waals surface area contributed by atoms with E-state index in [0.29, 0.717) is 16.4 Å². The van der Waals surface area contributed by atoms with Gasteiger partial charge >= 0.3 is 0 Å². The third-order valence-corrected chi connectivity index (χ3v) is 5.67. The number of aryl methyl sites for hydroxylation is 1. The number of carbonyl (C=O) groups excluding carboxylic acids is 2. The fourth-order valence-electron chi connectivity index (χ4n) is 2.58. The van der Waals surface area contributed by atoms with Crippen LogP contribution in [0.2, 0.25) is 0 Å². The van der Waals surface area contributed by atoms with Crippen LogP contribution in [0.4, 0.5) is 0 Å². The van der Waals surface area contributed by atoms with Gasteiger partial charge in [-0.05, 0) is 35.5 Å². The molecule has 2 amide bonds. The molecular formula is C15H15N5O3S2. The van der Waals surface area contributed by atoms with Crippen molar-refractivity contribution >= 4 is 34.7 Å². The van der Waals surface area contributed by atoms with E-state index < -0.39 is 11.8 Å². The Morgan fingerprint density at radius 3 is 2.64 bits per heavy atom. The summed E-state index contributed by atoms with van der Waals surface area (Å²) in [5, 5.41) is 0.420. The maximum Gasteiger partial charge on any atom is 0.259 e. The van der Waals surface area contributed by atoms with Crippen molar-refractivity contribution in [3.05, 3.63) is 45.9 Å². The van der Waals surface area contributed by atoms with Crippen LogP contribution in [0.3, 0.4) is 0 Å². The first-order valence-corrected chi connectivity index (χ1v) is 8.77. The summed E-state index contributed by atoms with van der Waals surface area (Å²) in [5.74, 6) is -1.33. The van der Waals surface area contributed by atoms with Crippen LogP contribution < -0.4 is 27.7 Å². The largest absolute Gasteiger partial charge is 0.430 e. The number of amides is 2. The molecule has 0 unspecified atom stereocenters. The number of fused-ring (bicyclic) bond motifs is 3. The number of aromatic nitrogens is 1. The van der Waals surface area contributed by atoms with Crippen molar-refractivity contribution in [2.24, 2.45) is 22.9 Å². The van der Waals surface area contributed by atoms with Gasteiger partial charge in [-0.1, -0.05) is 11.3 Å². The van der Waals surface area contributed by atoms with Gasteiger partial charge in [0.25, 0.3) is 5.91 Å². The summed E-state index contributed by atoms with van der Waals surface area (Å²) in [6.07, 6.45) is 5.52. The van der Waals surface area contributed by atoms with E-state index in [-0.39, 0.29) is 11.5 Å². The van der Waals surface area contributed by atoms with Crippen LogP contribution in [-0.4, -0.2) is 16.2 Å². The van der Waals surface area contributed by atoms with Gasteiger partial charge in [-0.15, -0.1) is 0 Å². The zero-order valence-corrected chi connectivity index (χ0v) is 14.6. The van der Waals surface area contributed by atoms with Crippen molar-refractivity contribution < 1.29 is 14.3 Å². The molecule has 0 spiro atoms. The Kier molecular flexibility index (Phi) is 4.47. The van der Waals surface area contributed by atoms with Gasteiger partial charge in [0.1, 0.15) is 0 Å². The summed E-state index contributed by atoms with van der Waals surface area (Å²) in [6, 6.07) is 0. The van der Waals surface area contributed by atoms with Crippen LogP contribution in [0.1, 0.15) is 20.8 Å². The van der Waals surface area contributed by atoms with Crippen LogP contribution in [0.5, 0.6) is 5.06 Å². The van der Waals surface area contributed by atoms with E-state index in [2.05, 4.69) is 4.37 Å². The van der Waals surface area contributed by atoms with E-state index >= 15 is 0 Å². The number of hydrogen-bond donors (Lipinski definition) is 4. The molecule has 10 heteroatoms. The summed E-state index contributed by atoms with van der Waals surface area (Å²) in [4.78, 5) is 24.4. The van der Waals surface area contributed by atoms with Crippen LogP contribution in [0.25, 0.3) is 10.4 Å². The highest BCUT2D eigenvalue weighted by atomic mass is 32.1. The van der Waals surface area contributed by atoms with E-state index in [1.54, 1.807) is 6.20 Å². The standard InChI is InChI=1S/C15H15N5O3S2/c16-4-7(13(18)21)3-9(17)23-15-10-8(12(24-15)14(19)22)2-1-6-5-20-25-11(6)10/h3-5H,1-2,16-17H2,(H2,18,21)(H2,19,22)/b7-4+,9-3+. The highest BCUT2D eigenvalue weighted by molar-refractivity contribution is 7.17. The lowest BCUT2D eigenvalue weighted by Crippen LogP contribution is -2.16. The van der Waals surface area contributed by atoms with Crippen LogP contribution >= 0.6 is 22.9 Å². The molecule has 1 aliphatic rings. The normalized spacial score (nSPS) is 13.9. The molecular weight excluding hydrogens is 362 g/mol. The average Bonchev–Trinajstić information content (AvgIpc) is 3.16. The molecule has 0 aliphatic heterocycles. The minimum absolute atomic E-state index is 0.0107. The van der Waals surface area contributed by atoms with Gasteiger partial charge in [-0.25, -0.2) is 4.37 Å². The molecule has 2 heterocycles. The highest BCUT2D eigenvalue weighted by Crippen LogP contribution is 2.48. The second-order valence-electron chi connectivity index (χ2n) is 5.25. The lowest BCUT2D eigenvalue weighted by atomic mass is 9.93. The number of thiophene rings is 1. The van der Waals surface area contributed by atoms with Gasteiger partial charge in [0.2, 0.25) is 5.91 Å². The number of nitrogens with two attached hydrogens (primary N) is 4. The van der Waals surface area contributed by atoms with Crippen LogP contribution in [0, 0.1) is 0 Å². The van der Waals surface area contributed by atoms with Crippen molar-refractivity contribution in [1.29, 1.82) is 0 Å². The van der Waals surface area contributed by atoms with Crippen molar-refractivity contribution in [2.75, 3.05) is 0 Å². The number of carbonyl (C=O) groups is 2. The molecule has 0 fully saturated rings. The summed E-state index contributed by atoms with van der Waals surface area (Å²) >= 11 is 2.43. The van der Waals surface area contributed by atoms with E-state index in [1.165, 1.54) is 17.6 Å². The van der Waals surface area contributed by atoms with E-state index in [1.807, 2.05) is 0 Å². The van der Waals surface area contributed by atoms with E-state index in [0.717, 1.165) is 45.5 Å². The third kappa shape index (κ3) is 3.08. The van der Waals surface area contributed by atoms with Gasteiger partial charge in [-0.2, -0.15) is 0 Å². The summed E-state index contributed by atoms with van der Waals surface area (Å²) in [6.45, 7) is 0. The maximum atomic E-state index is 11.8. The Balaban J connectivity index is 2.05. The average molecular weight is 377 g/mol. The Morgan fingerprint density at radius 1 is 1.24 bits per heavy atom. The predicted octanol–water partition coefficient (Wildman–Crippen LogP) is 0.576. The van der Waals surface area contributed by atoms with Crippen LogP contribution in [0.15, 0.2) is 29.9 Å². The number of primary amides is 2. The first-order valence-electron chi connectivity index (χ1n) is 7.18. The molecule has 0 atom stereocenters. The zero-order chi connectivity index (χ0) is 18.1. The molecule has 2 aromatic heterocycles. The molecule has 1 aliphatic carbocycles. The summed E-state index contributed by atoms with van der Waals surface area (Å²) < 4.78 is 9.88. The van der Waals surface area contributed by atoms with Gasteiger partial charge in [0.15, 0.2) is 10.9 Å². The fourth-order valence-corrected chi connectivity index (χ4v) is 4.58. The molecule has 8 N–H and O–H groups in total. The van der Waals surface area contributed by atoms with Crippen molar-refractivity contribution in [1.82, 2.24) is 4.37 Å². The monoisotopic (exact) mass is 377 g/mol. The summed E-state index contributed by atoms with van der Waals surface area (Å²) in [7, 11) is 0. The number of nitrogens with zero attached hydrogens (tertiary/aromatic N) is 1. The lowest BCUT2D eigenvalue weighted by Gasteiger charge is -2.14. The Labute approximate surface area is 150 Å². The Hall–Kier alpha value is -2.85. The molecule has 0 saturated carbocycles. The van der Waals surface area contributed by atoms with Crippen LogP contribution in [-0.2, 0) is 17.6 Å². The minimum atomic E-state index is -0.732. The van der Waals surface area contributed by atoms with Gasteiger partial charge < -0.3 is 27.7 Å². The molecule has 25 heavy (non-hydrogen) atoms. The second-order valence-corrected chi connectivity index (χ2v) is 7.04. The quantitative estimate of drug-likeness (QED) is 0.338. The van der Waals surface area contributed by atoms with Gasteiger partial charge in [0.05, 0.1) is 20.9 Å². The van der Waals surface area contributed by atoms with Gasteiger partial charge in [0, 0.05) is 18.5 Å². The number of hydrogen-bond acceptors (Lipinski definition) is 8. The van der Waals surface area contributed by atoms with E-state index in [4.69, 9.17) is 27.7 Å². The SMILES string of the molecule is N/C=C(\C=C(/N)Oc1sc(C(N)=O)c2c1-c1sncc1CC2)C(N)=O. The predicted molar refractivity (Wildman–Crippen MR) is 95.7 cm³/mol. The lowest BCUT2D eigenvalue weighted by molar-refractivity contribution is -0.114. The smallest absolute Gasteiger partial charge is 0.259 e. The first kappa shape index (κ1) is 17.0. The van der Waals surface area contributed by atoms with Crippen molar-refractivity contribution in [3.63, 3.8) is 0 Å². The molecule has 0 radical (unpaired) electrons. The number of ether oxygens (including phenoxy) is 1. The number of rotatable bonds is 5. The Bertz CT molecular complexity index is 926. The molecule has 8 nitrogen and oxygen atoms in total. The third-order valence-electron chi connectivity index (χ3n) is 3.69. The van der Waals surface area contributed by atoms with Crippen molar-refractivity contribution in [3.8, 4) is 15.5 Å². The molecule has 0 aromatic carbocycles. The molecule has 2 aromatic rings.